The maximum Gasteiger partial charge on any atom is -0.0235 e. The summed E-state index contributed by atoms with van der Waals surface area (Å²) in [4.78, 5) is 0. The second-order valence-electron chi connectivity index (χ2n) is 13.6. The zero-order chi connectivity index (χ0) is 19.9. The van der Waals surface area contributed by atoms with Crippen molar-refractivity contribution in [1.29, 1.82) is 0 Å². The summed E-state index contributed by atoms with van der Waals surface area (Å²) in [6.45, 7) is 16.1. The van der Waals surface area contributed by atoms with Gasteiger partial charge in [0, 0.05) is 0 Å². The minimum Gasteiger partial charge on any atom is -0.0651 e. The number of fused-ring (bicyclic) bond motifs is 7. The highest BCUT2D eigenvalue weighted by Crippen LogP contribution is 2.75. The molecule has 0 aromatic carbocycles. The number of hydrogen-bond donors (Lipinski definition) is 0. The zero-order valence-corrected chi connectivity index (χ0v) is 19.9. The summed E-state index contributed by atoms with van der Waals surface area (Å²) in [6, 6.07) is 0. The van der Waals surface area contributed by atoms with Gasteiger partial charge in [-0.05, 0) is 121 Å². The fourth-order valence-corrected chi connectivity index (χ4v) is 11.3. The van der Waals surface area contributed by atoms with Crippen LogP contribution >= 0.6 is 0 Å². The normalized spacial score (nSPS) is 57.6. The fraction of sp³-hybridized carbons (Fsp3) is 1.00. The van der Waals surface area contributed by atoms with Crippen LogP contribution in [0.1, 0.15) is 119 Å². The van der Waals surface area contributed by atoms with E-state index < -0.39 is 0 Å². The Labute approximate surface area is 176 Å². The maximum absolute atomic E-state index is 2.81. The van der Waals surface area contributed by atoms with E-state index in [-0.39, 0.29) is 0 Å². The highest BCUT2D eigenvalue weighted by Gasteiger charge is 2.67. The molecule has 0 aromatic rings. The van der Waals surface area contributed by atoms with Gasteiger partial charge in [-0.3, -0.25) is 0 Å². The molecule has 0 aliphatic heterocycles. The molecule has 160 valence electrons. The third-order valence-electron chi connectivity index (χ3n) is 12.7. The topological polar surface area (TPSA) is 0 Å². The van der Waals surface area contributed by atoms with Crippen molar-refractivity contribution in [1.82, 2.24) is 0 Å². The summed E-state index contributed by atoms with van der Waals surface area (Å²) >= 11 is 0. The summed E-state index contributed by atoms with van der Waals surface area (Å²) < 4.78 is 0. The molecule has 5 saturated carbocycles. The maximum atomic E-state index is 2.81. The summed E-state index contributed by atoms with van der Waals surface area (Å²) in [7, 11) is 0. The van der Waals surface area contributed by atoms with Crippen molar-refractivity contribution in [2.75, 3.05) is 0 Å². The van der Waals surface area contributed by atoms with Gasteiger partial charge < -0.3 is 0 Å². The van der Waals surface area contributed by atoms with Crippen molar-refractivity contribution < 1.29 is 0 Å². The zero-order valence-electron chi connectivity index (χ0n) is 19.9. The first kappa shape index (κ1) is 19.9. The molecule has 0 N–H and O–H groups in total. The van der Waals surface area contributed by atoms with Gasteiger partial charge in [-0.1, -0.05) is 54.4 Å². The van der Waals surface area contributed by atoms with Crippen molar-refractivity contribution in [3.8, 4) is 0 Å². The molecule has 0 aromatic heterocycles. The molecule has 0 amide bonds. The van der Waals surface area contributed by atoms with Crippen LogP contribution in [0.25, 0.3) is 0 Å². The second-order valence-corrected chi connectivity index (χ2v) is 13.6. The highest BCUT2D eigenvalue weighted by atomic mass is 14.7. The largest absolute Gasteiger partial charge is 0.0651 e. The summed E-state index contributed by atoms with van der Waals surface area (Å²) in [5.41, 5.74) is 2.41. The average molecular weight is 385 g/mol. The van der Waals surface area contributed by atoms with Crippen LogP contribution in [-0.2, 0) is 0 Å². The van der Waals surface area contributed by atoms with Gasteiger partial charge in [0.05, 0.1) is 0 Å². The van der Waals surface area contributed by atoms with Crippen molar-refractivity contribution in [3.05, 3.63) is 0 Å². The van der Waals surface area contributed by atoms with Gasteiger partial charge in [0.1, 0.15) is 0 Å². The molecule has 5 rings (SSSR count). The minimum absolute atomic E-state index is 0.573. The average Bonchev–Trinajstić information content (AvgIpc) is 3.04. The van der Waals surface area contributed by atoms with Gasteiger partial charge in [-0.15, -0.1) is 0 Å². The predicted octanol–water partition coefficient (Wildman–Crippen LogP) is 8.50. The third-order valence-corrected chi connectivity index (χ3v) is 12.7. The van der Waals surface area contributed by atoms with Crippen LogP contribution in [0.4, 0.5) is 0 Å². The van der Waals surface area contributed by atoms with E-state index in [1.165, 1.54) is 38.5 Å². The number of rotatable bonds is 1. The molecule has 5 fully saturated rings. The Morgan fingerprint density at radius 3 is 2.14 bits per heavy atom. The Balaban J connectivity index is 1.50. The Hall–Kier alpha value is 0. The fourth-order valence-electron chi connectivity index (χ4n) is 11.3. The summed E-state index contributed by atoms with van der Waals surface area (Å²) in [6.07, 6.45) is 18.3. The Bertz CT molecular complexity index is 618. The van der Waals surface area contributed by atoms with E-state index in [0.29, 0.717) is 21.7 Å². The quantitative estimate of drug-likeness (QED) is 0.425. The van der Waals surface area contributed by atoms with E-state index in [1.807, 2.05) is 0 Å². The first-order valence-electron chi connectivity index (χ1n) is 13.2. The van der Waals surface area contributed by atoms with Crippen LogP contribution in [-0.4, -0.2) is 0 Å². The minimum atomic E-state index is 0.573. The van der Waals surface area contributed by atoms with Gasteiger partial charge in [-0.25, -0.2) is 0 Å². The SMILES string of the molecule is CC[C@H]1CC[C@H]2[C@@H]1CC[C@]1(C)[C@@H]2CC[C@@H]2[C@@]3(C)CCCC(C)(C)[C@@H]3CC[C@]21C. The van der Waals surface area contributed by atoms with Gasteiger partial charge in [0.15, 0.2) is 0 Å². The Morgan fingerprint density at radius 2 is 1.39 bits per heavy atom. The molecule has 0 radical (unpaired) electrons. The van der Waals surface area contributed by atoms with Gasteiger partial charge in [-0.2, -0.15) is 0 Å². The molecular formula is C28H48. The standard InChI is InChI=1S/C28H48/c1-7-19-9-10-21-20(19)13-17-27(5)22(21)11-12-24-26(4)16-8-15-25(2,3)23(26)14-18-28(24,27)6/h19-24H,7-18H2,1-6H3/t19-,20+,21-,22+,23-,24+,26-,27+,28+/m0/s1. The first-order chi connectivity index (χ1) is 13.2. The molecule has 5 aliphatic carbocycles. The molecule has 0 unspecified atom stereocenters. The van der Waals surface area contributed by atoms with Crippen LogP contribution in [0.2, 0.25) is 0 Å². The second kappa shape index (κ2) is 6.26. The Kier molecular flexibility index (Phi) is 4.46. The van der Waals surface area contributed by atoms with Crippen LogP contribution in [0.15, 0.2) is 0 Å². The molecule has 0 saturated heterocycles. The van der Waals surface area contributed by atoms with Crippen molar-refractivity contribution in [2.24, 2.45) is 57.2 Å². The van der Waals surface area contributed by atoms with Crippen molar-refractivity contribution in [3.63, 3.8) is 0 Å². The van der Waals surface area contributed by atoms with E-state index >= 15 is 0 Å². The van der Waals surface area contributed by atoms with E-state index in [9.17, 15) is 0 Å². The monoisotopic (exact) mass is 384 g/mol. The molecule has 0 heteroatoms. The van der Waals surface area contributed by atoms with Crippen LogP contribution in [0.3, 0.4) is 0 Å². The summed E-state index contributed by atoms with van der Waals surface area (Å²) in [5.74, 6) is 6.23. The molecule has 0 bridgehead atoms. The van der Waals surface area contributed by atoms with Crippen molar-refractivity contribution in [2.45, 2.75) is 119 Å². The lowest BCUT2D eigenvalue weighted by Gasteiger charge is -2.71. The van der Waals surface area contributed by atoms with Crippen molar-refractivity contribution >= 4 is 0 Å². The predicted molar refractivity (Wildman–Crippen MR) is 120 cm³/mol. The molecule has 0 spiro atoms. The highest BCUT2D eigenvalue weighted by molar-refractivity contribution is 5.16. The molecular weight excluding hydrogens is 336 g/mol. The van der Waals surface area contributed by atoms with Gasteiger partial charge in [0.25, 0.3) is 0 Å². The Morgan fingerprint density at radius 1 is 0.643 bits per heavy atom. The van der Waals surface area contributed by atoms with E-state index in [4.69, 9.17) is 0 Å². The lowest BCUT2D eigenvalue weighted by Crippen LogP contribution is -2.64. The summed E-state index contributed by atoms with van der Waals surface area (Å²) in [5, 5.41) is 0. The van der Waals surface area contributed by atoms with E-state index in [0.717, 1.165) is 35.5 Å². The molecule has 28 heavy (non-hydrogen) atoms. The van der Waals surface area contributed by atoms with Crippen LogP contribution in [0, 0.1) is 57.2 Å². The van der Waals surface area contributed by atoms with Crippen LogP contribution < -0.4 is 0 Å². The lowest BCUT2D eigenvalue weighted by atomic mass is 9.33. The third kappa shape index (κ3) is 2.36. The first-order valence-corrected chi connectivity index (χ1v) is 13.2. The smallest absolute Gasteiger partial charge is 0.0235 e. The van der Waals surface area contributed by atoms with Gasteiger partial charge in [0.2, 0.25) is 0 Å². The molecule has 0 nitrogen and oxygen atoms in total. The number of hydrogen-bond acceptors (Lipinski definition) is 0. The van der Waals surface area contributed by atoms with Crippen LogP contribution in [0.5, 0.6) is 0 Å². The molecule has 0 heterocycles. The van der Waals surface area contributed by atoms with E-state index in [1.54, 1.807) is 38.5 Å². The van der Waals surface area contributed by atoms with E-state index in [2.05, 4.69) is 41.5 Å². The molecule has 9 atom stereocenters. The molecule has 5 aliphatic rings. The van der Waals surface area contributed by atoms with Gasteiger partial charge >= 0.3 is 0 Å². The lowest BCUT2D eigenvalue weighted by molar-refractivity contribution is -0.227.